The summed E-state index contributed by atoms with van der Waals surface area (Å²) in [7, 11) is 0. The highest BCUT2D eigenvalue weighted by Gasteiger charge is 2.11. The first-order chi connectivity index (χ1) is 12.7. The van der Waals surface area contributed by atoms with Crippen LogP contribution in [0, 0.1) is 0 Å². The fraction of sp³-hybridized carbons (Fsp3) is 0.381. The Hall–Kier alpha value is -1.88. The second kappa shape index (κ2) is 9.72. The van der Waals surface area contributed by atoms with Crippen molar-refractivity contribution in [3.63, 3.8) is 0 Å². The van der Waals surface area contributed by atoms with Gasteiger partial charge in [0.15, 0.2) is 0 Å². The van der Waals surface area contributed by atoms with Crippen molar-refractivity contribution in [3.05, 3.63) is 70.2 Å². The molecule has 0 bridgehead atoms. The molecule has 2 aromatic rings. The highest BCUT2D eigenvalue weighted by molar-refractivity contribution is 6.31. The Labute approximate surface area is 160 Å². The first-order valence-electron chi connectivity index (χ1n) is 9.09. The summed E-state index contributed by atoms with van der Waals surface area (Å²) in [4.78, 5) is 14.5. The number of hydrogen-bond donors (Lipinski definition) is 1. The maximum Gasteiger partial charge on any atom is 0.220 e. The van der Waals surface area contributed by atoms with E-state index in [1.165, 1.54) is 5.56 Å². The fourth-order valence-electron chi connectivity index (χ4n) is 3.09. The molecule has 1 aliphatic heterocycles. The molecule has 2 aromatic carbocycles. The van der Waals surface area contributed by atoms with Crippen LogP contribution < -0.4 is 5.32 Å². The summed E-state index contributed by atoms with van der Waals surface area (Å²) in [6.07, 6.45) is 1.10. The van der Waals surface area contributed by atoms with Gasteiger partial charge >= 0.3 is 0 Å². The van der Waals surface area contributed by atoms with Crippen LogP contribution in [0.3, 0.4) is 0 Å². The van der Waals surface area contributed by atoms with E-state index in [9.17, 15) is 4.79 Å². The Morgan fingerprint density at radius 2 is 1.85 bits per heavy atom. The van der Waals surface area contributed by atoms with Crippen molar-refractivity contribution in [2.75, 3.05) is 26.3 Å². The molecule has 1 fully saturated rings. The SMILES string of the molecule is O=C(CCc1ccccc1Cl)NCc1cccc(CN2CCOCC2)c1. The van der Waals surface area contributed by atoms with E-state index in [1.807, 2.05) is 24.3 Å². The van der Waals surface area contributed by atoms with Gasteiger partial charge in [-0.2, -0.15) is 0 Å². The lowest BCUT2D eigenvalue weighted by Gasteiger charge is -2.26. The lowest BCUT2D eigenvalue weighted by atomic mass is 10.1. The van der Waals surface area contributed by atoms with Gasteiger partial charge in [-0.05, 0) is 29.2 Å². The van der Waals surface area contributed by atoms with Gasteiger partial charge in [-0.3, -0.25) is 9.69 Å². The predicted octanol–water partition coefficient (Wildman–Crippen LogP) is 3.42. The number of rotatable bonds is 7. The minimum atomic E-state index is 0.0449. The second-order valence-corrected chi connectivity index (χ2v) is 6.98. The number of hydrogen-bond acceptors (Lipinski definition) is 3. The minimum absolute atomic E-state index is 0.0449. The van der Waals surface area contributed by atoms with Crippen molar-refractivity contribution in [1.82, 2.24) is 10.2 Å². The van der Waals surface area contributed by atoms with Gasteiger partial charge in [-0.1, -0.05) is 54.1 Å². The number of ether oxygens (including phenoxy) is 1. The lowest BCUT2D eigenvalue weighted by Crippen LogP contribution is -2.35. The van der Waals surface area contributed by atoms with Crippen molar-refractivity contribution in [2.45, 2.75) is 25.9 Å². The van der Waals surface area contributed by atoms with Gasteiger partial charge in [0, 0.05) is 37.6 Å². The summed E-state index contributed by atoms with van der Waals surface area (Å²) in [6.45, 7) is 5.05. The Balaban J connectivity index is 1.45. The van der Waals surface area contributed by atoms with Crippen LogP contribution in [-0.2, 0) is 29.0 Å². The molecule has 1 N–H and O–H groups in total. The van der Waals surface area contributed by atoms with E-state index < -0.39 is 0 Å². The maximum atomic E-state index is 12.1. The van der Waals surface area contributed by atoms with Crippen LogP contribution in [-0.4, -0.2) is 37.1 Å². The Morgan fingerprint density at radius 3 is 2.65 bits per heavy atom. The largest absolute Gasteiger partial charge is 0.379 e. The molecule has 0 aromatic heterocycles. The molecule has 138 valence electrons. The number of benzene rings is 2. The van der Waals surface area contributed by atoms with E-state index in [2.05, 4.69) is 34.5 Å². The standard InChI is InChI=1S/C21H25ClN2O2/c22-20-7-2-1-6-19(20)8-9-21(25)23-15-17-4-3-5-18(14-17)16-24-10-12-26-13-11-24/h1-7,14H,8-13,15-16H2,(H,23,25). The second-order valence-electron chi connectivity index (χ2n) is 6.58. The Morgan fingerprint density at radius 1 is 1.08 bits per heavy atom. The molecule has 1 aliphatic rings. The number of morpholine rings is 1. The molecule has 0 radical (unpaired) electrons. The molecule has 4 nitrogen and oxygen atoms in total. The van der Waals surface area contributed by atoms with Gasteiger partial charge < -0.3 is 10.1 Å². The quantitative estimate of drug-likeness (QED) is 0.809. The van der Waals surface area contributed by atoms with Crippen LogP contribution in [0.25, 0.3) is 0 Å². The van der Waals surface area contributed by atoms with Crippen LogP contribution in [0.4, 0.5) is 0 Å². The van der Waals surface area contributed by atoms with Crippen molar-refractivity contribution in [1.29, 1.82) is 0 Å². The van der Waals surface area contributed by atoms with Crippen molar-refractivity contribution in [3.8, 4) is 0 Å². The monoisotopic (exact) mass is 372 g/mol. The third-order valence-corrected chi connectivity index (χ3v) is 4.94. The molecule has 0 atom stereocenters. The van der Waals surface area contributed by atoms with E-state index in [-0.39, 0.29) is 5.91 Å². The molecule has 1 amide bonds. The van der Waals surface area contributed by atoms with Crippen LogP contribution in [0.2, 0.25) is 5.02 Å². The van der Waals surface area contributed by atoms with Gasteiger partial charge in [0.25, 0.3) is 0 Å². The molecule has 3 rings (SSSR count). The summed E-state index contributed by atoms with van der Waals surface area (Å²) in [5.41, 5.74) is 3.41. The average Bonchev–Trinajstić information content (AvgIpc) is 2.67. The topological polar surface area (TPSA) is 41.6 Å². The summed E-state index contributed by atoms with van der Waals surface area (Å²) in [6, 6.07) is 16.1. The van der Waals surface area contributed by atoms with Crippen LogP contribution >= 0.6 is 11.6 Å². The van der Waals surface area contributed by atoms with E-state index in [4.69, 9.17) is 16.3 Å². The van der Waals surface area contributed by atoms with Crippen LogP contribution in [0.1, 0.15) is 23.1 Å². The Bertz CT molecular complexity index is 729. The summed E-state index contributed by atoms with van der Waals surface area (Å²) in [5.74, 6) is 0.0449. The Kier molecular flexibility index (Phi) is 7.06. The molecule has 1 heterocycles. The predicted molar refractivity (Wildman–Crippen MR) is 104 cm³/mol. The van der Waals surface area contributed by atoms with Gasteiger partial charge in [0.05, 0.1) is 13.2 Å². The fourth-order valence-corrected chi connectivity index (χ4v) is 3.32. The summed E-state index contributed by atoms with van der Waals surface area (Å²) >= 11 is 6.13. The first-order valence-corrected chi connectivity index (χ1v) is 9.46. The molecule has 0 saturated carbocycles. The summed E-state index contributed by atoms with van der Waals surface area (Å²) < 4.78 is 5.39. The number of amides is 1. The van der Waals surface area contributed by atoms with Crippen molar-refractivity contribution < 1.29 is 9.53 Å². The van der Waals surface area contributed by atoms with E-state index in [0.717, 1.165) is 49.0 Å². The molecular weight excluding hydrogens is 348 g/mol. The van der Waals surface area contributed by atoms with Gasteiger partial charge in [0.1, 0.15) is 0 Å². The van der Waals surface area contributed by atoms with E-state index >= 15 is 0 Å². The van der Waals surface area contributed by atoms with Crippen molar-refractivity contribution >= 4 is 17.5 Å². The van der Waals surface area contributed by atoms with E-state index in [1.54, 1.807) is 0 Å². The lowest BCUT2D eigenvalue weighted by molar-refractivity contribution is -0.121. The number of aryl methyl sites for hydroxylation is 1. The number of nitrogens with zero attached hydrogens (tertiary/aromatic N) is 1. The number of nitrogens with one attached hydrogen (secondary N) is 1. The number of carbonyl (C=O) groups is 1. The van der Waals surface area contributed by atoms with Gasteiger partial charge in [0.2, 0.25) is 5.91 Å². The molecule has 0 unspecified atom stereocenters. The molecule has 0 spiro atoms. The van der Waals surface area contributed by atoms with Crippen molar-refractivity contribution in [2.24, 2.45) is 0 Å². The molecule has 0 aliphatic carbocycles. The minimum Gasteiger partial charge on any atom is -0.379 e. The highest BCUT2D eigenvalue weighted by atomic mass is 35.5. The summed E-state index contributed by atoms with van der Waals surface area (Å²) in [5, 5.41) is 3.72. The van der Waals surface area contributed by atoms with E-state index in [0.29, 0.717) is 19.4 Å². The molecule has 26 heavy (non-hydrogen) atoms. The number of carbonyl (C=O) groups excluding carboxylic acids is 1. The third-order valence-electron chi connectivity index (χ3n) is 4.57. The highest BCUT2D eigenvalue weighted by Crippen LogP contribution is 2.16. The van der Waals surface area contributed by atoms with Gasteiger partial charge in [-0.25, -0.2) is 0 Å². The van der Waals surface area contributed by atoms with Crippen LogP contribution in [0.5, 0.6) is 0 Å². The normalized spacial score (nSPS) is 15.0. The zero-order valence-corrected chi connectivity index (χ0v) is 15.7. The maximum absolute atomic E-state index is 12.1. The van der Waals surface area contributed by atoms with Gasteiger partial charge in [-0.15, -0.1) is 0 Å². The zero-order chi connectivity index (χ0) is 18.2. The van der Waals surface area contributed by atoms with Crippen LogP contribution in [0.15, 0.2) is 48.5 Å². The first kappa shape index (κ1) is 18.9. The smallest absolute Gasteiger partial charge is 0.220 e. The third kappa shape index (κ3) is 5.84. The molecule has 1 saturated heterocycles. The molecule has 5 heteroatoms. The zero-order valence-electron chi connectivity index (χ0n) is 14.9. The number of halogens is 1. The average molecular weight is 373 g/mol. The molecular formula is C21H25ClN2O2.